The molecule has 12 rings (SSSR count). The summed E-state index contributed by atoms with van der Waals surface area (Å²) in [5.74, 6) is 1.83. The van der Waals surface area contributed by atoms with Crippen molar-refractivity contribution in [2.45, 2.75) is 26.2 Å². The first-order valence-electron chi connectivity index (χ1n) is 26.1. The molecule has 0 aliphatic carbocycles. The molecule has 0 fully saturated rings. The minimum Gasteiger partial charge on any atom is -0.456 e. The summed E-state index contributed by atoms with van der Waals surface area (Å²) in [7, 11) is 0. The van der Waals surface area contributed by atoms with E-state index in [1.54, 1.807) is 18.2 Å². The lowest BCUT2D eigenvalue weighted by Crippen LogP contribution is -2.24. The van der Waals surface area contributed by atoms with Gasteiger partial charge in [0.15, 0.2) is 0 Å². The number of hydrogen-bond donors (Lipinski definition) is 0. The summed E-state index contributed by atoms with van der Waals surface area (Å²) in [6, 6.07) is 37.5. The number of benzene rings is 8. The average Bonchev–Trinajstić information content (AvgIpc) is 4.09. The maximum absolute atomic E-state index is 9.09. The standard InChI is InChI=1S/C58H44N4O2/c1-58(2,3)40-32-33-59-53(34-40)62-47-28-12-10-24-45(47)54-50(62)36-52(55-46-25-11-15-31-51(46)64-57(54)55)63-42-23-16-22-41(35-42)60-37-61(49-30-14-13-29-48(49)60)56-43(38-18-6-4-7-19-38)26-17-27-44(56)39-20-8-5-9-21-39/h4-36H,37H2,1-3H3/i4D,5D,6D,7D,8D,9D,18D,19D,20D,21D. The van der Waals surface area contributed by atoms with Crippen LogP contribution in [0.1, 0.15) is 40.0 Å². The Morgan fingerprint density at radius 1 is 0.609 bits per heavy atom. The zero-order valence-corrected chi connectivity index (χ0v) is 35.1. The Morgan fingerprint density at radius 2 is 1.27 bits per heavy atom. The monoisotopic (exact) mass is 838 g/mol. The van der Waals surface area contributed by atoms with Crippen molar-refractivity contribution in [3.05, 3.63) is 206 Å². The topological polar surface area (TPSA) is 46.7 Å². The predicted molar refractivity (Wildman–Crippen MR) is 264 cm³/mol. The highest BCUT2D eigenvalue weighted by Crippen LogP contribution is 2.51. The summed E-state index contributed by atoms with van der Waals surface area (Å²) >= 11 is 0. The second-order valence-electron chi connectivity index (χ2n) is 16.9. The molecule has 0 amide bonds. The highest BCUT2D eigenvalue weighted by molar-refractivity contribution is 6.25. The van der Waals surface area contributed by atoms with Gasteiger partial charge in [-0.15, -0.1) is 0 Å². The van der Waals surface area contributed by atoms with Crippen LogP contribution in [0.4, 0.5) is 22.7 Å². The number of rotatable bonds is 7. The lowest BCUT2D eigenvalue weighted by molar-refractivity contribution is 0.489. The molecule has 0 bridgehead atoms. The molecule has 6 heteroatoms. The number of hydrogen-bond acceptors (Lipinski definition) is 5. The van der Waals surface area contributed by atoms with Crippen molar-refractivity contribution in [1.82, 2.24) is 9.55 Å². The number of pyridine rings is 1. The minimum absolute atomic E-state index is 0.0907. The zero-order chi connectivity index (χ0) is 51.6. The normalized spacial score (nSPS) is 15.0. The number of anilines is 4. The van der Waals surface area contributed by atoms with E-state index in [2.05, 4.69) is 49.6 Å². The fourth-order valence-electron chi connectivity index (χ4n) is 9.11. The SMILES string of the molecule is [2H]c1c([2H])c([2H])c(-c2cccc(-c3c([2H])c([2H])c([2H])c([2H])c3[2H])c2N2CN(c3cccc(Oc4cc5c(c6ccccc6n5-c5cc(C(C)(C)C)ccn5)c5oc6ccccc6c45)c3)c3ccccc32)c([2H])c1[2H]. The largest absolute Gasteiger partial charge is 0.456 e. The van der Waals surface area contributed by atoms with Crippen molar-refractivity contribution in [2.24, 2.45) is 0 Å². The molecule has 8 aromatic carbocycles. The summed E-state index contributed by atoms with van der Waals surface area (Å²) in [6.45, 7) is 6.63. The number of ether oxygens (including phenoxy) is 1. The number of nitrogens with zero attached hydrogens (tertiary/aromatic N) is 4. The smallest absolute Gasteiger partial charge is 0.149 e. The van der Waals surface area contributed by atoms with E-state index >= 15 is 0 Å². The van der Waals surface area contributed by atoms with Gasteiger partial charge in [-0.2, -0.15) is 0 Å². The van der Waals surface area contributed by atoms with E-state index < -0.39 is 60.4 Å². The minimum atomic E-state index is -0.557. The van der Waals surface area contributed by atoms with Gasteiger partial charge in [0, 0.05) is 45.9 Å². The summed E-state index contributed by atoms with van der Waals surface area (Å²) < 4.78 is 104. The maximum Gasteiger partial charge on any atom is 0.149 e. The van der Waals surface area contributed by atoms with Crippen molar-refractivity contribution in [2.75, 3.05) is 16.5 Å². The second-order valence-corrected chi connectivity index (χ2v) is 16.9. The fraction of sp³-hybridized carbons (Fsp3) is 0.0862. The Hall–Kier alpha value is -8.09. The Bertz CT molecular complexity index is 4040. The summed E-state index contributed by atoms with van der Waals surface area (Å²) in [6.07, 6.45) is 1.85. The third kappa shape index (κ3) is 6.13. The highest BCUT2D eigenvalue weighted by Gasteiger charge is 2.32. The first-order valence-corrected chi connectivity index (χ1v) is 21.1. The van der Waals surface area contributed by atoms with E-state index in [1.165, 1.54) is 0 Å². The van der Waals surface area contributed by atoms with Crippen LogP contribution in [0.5, 0.6) is 11.5 Å². The molecule has 0 spiro atoms. The van der Waals surface area contributed by atoms with Gasteiger partial charge in [-0.1, -0.05) is 154 Å². The molecule has 0 saturated heterocycles. The van der Waals surface area contributed by atoms with Gasteiger partial charge in [0.1, 0.15) is 35.2 Å². The summed E-state index contributed by atoms with van der Waals surface area (Å²) in [5, 5.41) is 3.62. The van der Waals surface area contributed by atoms with Gasteiger partial charge in [0.25, 0.3) is 0 Å². The Labute approximate surface area is 385 Å². The van der Waals surface area contributed by atoms with Crippen LogP contribution >= 0.6 is 0 Å². The van der Waals surface area contributed by atoms with Gasteiger partial charge >= 0.3 is 0 Å². The number of fused-ring (bicyclic) bond motifs is 8. The first kappa shape index (κ1) is 28.5. The van der Waals surface area contributed by atoms with Gasteiger partial charge in [0.2, 0.25) is 0 Å². The highest BCUT2D eigenvalue weighted by atomic mass is 16.5. The molecule has 0 unspecified atom stereocenters. The van der Waals surface area contributed by atoms with E-state index in [-0.39, 0.29) is 40.0 Å². The molecule has 308 valence electrons. The zero-order valence-electron chi connectivity index (χ0n) is 45.1. The Balaban J connectivity index is 1.03. The summed E-state index contributed by atoms with van der Waals surface area (Å²) in [5.41, 5.74) is 6.82. The van der Waals surface area contributed by atoms with Gasteiger partial charge in [-0.25, -0.2) is 4.98 Å². The van der Waals surface area contributed by atoms with Crippen LogP contribution in [0.3, 0.4) is 0 Å². The van der Waals surface area contributed by atoms with E-state index in [1.807, 2.05) is 107 Å². The van der Waals surface area contributed by atoms with Crippen molar-refractivity contribution >= 4 is 66.5 Å². The van der Waals surface area contributed by atoms with E-state index in [4.69, 9.17) is 27.8 Å². The fourth-order valence-corrected chi connectivity index (χ4v) is 9.11. The summed E-state index contributed by atoms with van der Waals surface area (Å²) in [4.78, 5) is 8.86. The van der Waals surface area contributed by atoms with E-state index in [0.717, 1.165) is 49.6 Å². The van der Waals surface area contributed by atoms with Crippen LogP contribution in [-0.2, 0) is 5.41 Å². The molecule has 0 saturated carbocycles. The van der Waals surface area contributed by atoms with Gasteiger partial charge in [0.05, 0.1) is 52.6 Å². The lowest BCUT2D eigenvalue weighted by atomic mass is 9.88. The molecular formula is C58H44N4O2. The van der Waals surface area contributed by atoms with E-state index in [9.17, 15) is 0 Å². The van der Waals surface area contributed by atoms with Crippen LogP contribution in [0.25, 0.3) is 71.8 Å². The third-order valence-corrected chi connectivity index (χ3v) is 12.0. The molecule has 1 aliphatic heterocycles. The van der Waals surface area contributed by atoms with Crippen LogP contribution < -0.4 is 14.5 Å². The Kier molecular flexibility index (Phi) is 6.58. The molecule has 0 atom stereocenters. The molecule has 1 aliphatic rings. The molecular weight excluding hydrogens is 785 g/mol. The number of furan rings is 1. The van der Waals surface area contributed by atoms with Crippen molar-refractivity contribution in [3.63, 3.8) is 0 Å². The van der Waals surface area contributed by atoms with Crippen molar-refractivity contribution < 1.29 is 22.9 Å². The van der Waals surface area contributed by atoms with Crippen LogP contribution in [0.2, 0.25) is 0 Å². The Morgan fingerprint density at radius 3 is 2.00 bits per heavy atom. The average molecular weight is 839 g/mol. The van der Waals surface area contributed by atoms with Crippen LogP contribution in [0.15, 0.2) is 204 Å². The number of aromatic nitrogens is 2. The molecule has 64 heavy (non-hydrogen) atoms. The van der Waals surface area contributed by atoms with Crippen LogP contribution in [-0.4, -0.2) is 16.2 Å². The van der Waals surface area contributed by atoms with E-state index in [0.29, 0.717) is 34.0 Å². The molecule has 4 heterocycles. The van der Waals surface area contributed by atoms with Gasteiger partial charge in [-0.3, -0.25) is 4.57 Å². The maximum atomic E-state index is 9.09. The van der Waals surface area contributed by atoms with Crippen molar-refractivity contribution in [1.29, 1.82) is 0 Å². The lowest BCUT2D eigenvalue weighted by Gasteiger charge is -2.27. The van der Waals surface area contributed by atoms with Crippen LogP contribution in [0, 0.1) is 0 Å². The molecule has 0 N–H and O–H groups in total. The molecule has 0 radical (unpaired) electrons. The molecule has 11 aromatic rings. The molecule has 6 nitrogen and oxygen atoms in total. The van der Waals surface area contributed by atoms with Crippen molar-refractivity contribution in [3.8, 4) is 39.6 Å². The van der Waals surface area contributed by atoms with Gasteiger partial charge in [-0.05, 0) is 70.6 Å². The first-order chi connectivity index (χ1) is 35.5. The molecule has 3 aromatic heterocycles. The number of para-hydroxylation sites is 5. The predicted octanol–water partition coefficient (Wildman–Crippen LogP) is 15.7. The second kappa shape index (κ2) is 14.8. The van der Waals surface area contributed by atoms with Gasteiger partial charge < -0.3 is 19.0 Å². The quantitative estimate of drug-likeness (QED) is 0.160. The third-order valence-electron chi connectivity index (χ3n) is 12.0.